The molecule has 4 fully saturated rings. The van der Waals surface area contributed by atoms with Crippen LogP contribution >= 0.6 is 0 Å². The molecular formula is C27H38N4O6. The third kappa shape index (κ3) is 7.60. The first-order chi connectivity index (χ1) is 17.7. The van der Waals surface area contributed by atoms with E-state index in [1.807, 2.05) is 0 Å². The summed E-state index contributed by atoms with van der Waals surface area (Å²) in [6, 6.07) is 5.82. The number of benzene rings is 1. The molecule has 10 heteroatoms. The number of nitrogens with two attached hydrogens (primary N) is 1. The Kier molecular flexibility index (Phi) is 8.56. The highest BCUT2D eigenvalue weighted by molar-refractivity contribution is 5.94. The average molecular weight is 515 g/mol. The molecule has 1 aromatic rings. The molecule has 10 nitrogen and oxygen atoms in total. The molecule has 0 saturated heterocycles. The van der Waals surface area contributed by atoms with Gasteiger partial charge in [-0.3, -0.25) is 15.5 Å². The highest BCUT2D eigenvalue weighted by Gasteiger charge is 2.50. The van der Waals surface area contributed by atoms with Crippen LogP contribution in [0.2, 0.25) is 0 Å². The van der Waals surface area contributed by atoms with E-state index in [1.54, 1.807) is 24.3 Å². The molecule has 0 aliphatic heterocycles. The van der Waals surface area contributed by atoms with Crippen LogP contribution in [0.15, 0.2) is 24.3 Å². The van der Waals surface area contributed by atoms with Crippen molar-refractivity contribution in [1.82, 2.24) is 10.6 Å². The van der Waals surface area contributed by atoms with Crippen molar-refractivity contribution in [2.45, 2.75) is 70.3 Å². The van der Waals surface area contributed by atoms with E-state index >= 15 is 0 Å². The Morgan fingerprint density at radius 1 is 1.05 bits per heavy atom. The number of hydrogen-bond acceptors (Lipinski definition) is 6. The van der Waals surface area contributed by atoms with Crippen LogP contribution in [0, 0.1) is 28.6 Å². The molecule has 4 saturated carbocycles. The second-order valence-electron chi connectivity index (χ2n) is 11.1. The van der Waals surface area contributed by atoms with Gasteiger partial charge in [-0.2, -0.15) is 0 Å². The summed E-state index contributed by atoms with van der Waals surface area (Å²) in [6.07, 6.45) is 8.78. The van der Waals surface area contributed by atoms with Gasteiger partial charge in [0, 0.05) is 12.8 Å². The fraction of sp³-hybridized carbons (Fsp3) is 0.630. The number of carbonyl (C=O) groups is 3. The van der Waals surface area contributed by atoms with E-state index < -0.39 is 18.1 Å². The van der Waals surface area contributed by atoms with E-state index in [1.165, 1.54) is 38.5 Å². The number of guanidine groups is 1. The van der Waals surface area contributed by atoms with Gasteiger partial charge in [-0.15, -0.1) is 0 Å². The fourth-order valence-corrected chi connectivity index (χ4v) is 6.93. The van der Waals surface area contributed by atoms with Crippen LogP contribution in [0.3, 0.4) is 0 Å². The number of carbonyl (C=O) groups excluding carboxylic acids is 2. The predicted molar refractivity (Wildman–Crippen MR) is 136 cm³/mol. The molecule has 4 aliphatic rings. The Bertz CT molecular complexity index is 960. The molecule has 5 rings (SSSR count). The number of rotatable bonds is 12. The maximum Gasteiger partial charge on any atom is 0.407 e. The Hall–Kier alpha value is -3.30. The van der Waals surface area contributed by atoms with Crippen molar-refractivity contribution in [1.29, 1.82) is 5.41 Å². The number of hydrogen-bond donors (Lipinski definition) is 5. The van der Waals surface area contributed by atoms with Gasteiger partial charge < -0.3 is 25.6 Å². The van der Waals surface area contributed by atoms with E-state index in [-0.39, 0.29) is 24.7 Å². The zero-order valence-corrected chi connectivity index (χ0v) is 21.2. The maximum atomic E-state index is 12.4. The molecule has 202 valence electrons. The SMILES string of the molecule is N=C(N)NC(=O)CCCOc1ccc(C[C@H](NC(=O)OCCC23CC4CC(CC(C4)C2)C3)C(=O)O)cc1. The van der Waals surface area contributed by atoms with Crippen LogP contribution in [0.25, 0.3) is 0 Å². The molecule has 0 heterocycles. The summed E-state index contributed by atoms with van der Waals surface area (Å²) in [5, 5.41) is 21.3. The standard InChI is InChI=1S/C27H38N4O6/c28-25(29)31-23(32)2-1-8-36-21-5-3-17(4-6-21)13-22(24(33)34)30-26(35)37-9-7-27-14-18-10-19(15-27)12-20(11-18)16-27/h3-6,18-20,22H,1-2,7-16H2,(H,30,35)(H,33,34)(H4,28,29,31,32)/t18?,19?,20?,22-,27?/m0/s1. The summed E-state index contributed by atoms with van der Waals surface area (Å²) in [6.45, 7) is 0.631. The number of aliphatic carboxylic acids is 1. The highest BCUT2D eigenvalue weighted by atomic mass is 16.5. The maximum absolute atomic E-state index is 12.4. The number of amides is 2. The lowest BCUT2D eigenvalue weighted by atomic mass is 9.49. The van der Waals surface area contributed by atoms with E-state index in [4.69, 9.17) is 20.6 Å². The van der Waals surface area contributed by atoms with Crippen molar-refractivity contribution >= 4 is 23.9 Å². The first-order valence-corrected chi connectivity index (χ1v) is 13.2. The van der Waals surface area contributed by atoms with Crippen LogP contribution in [0.5, 0.6) is 5.75 Å². The van der Waals surface area contributed by atoms with Gasteiger partial charge in [-0.1, -0.05) is 12.1 Å². The van der Waals surface area contributed by atoms with Crippen molar-refractivity contribution in [2.24, 2.45) is 28.9 Å². The Labute approximate surface area is 217 Å². The second kappa shape index (κ2) is 11.8. The second-order valence-corrected chi connectivity index (χ2v) is 11.1. The minimum Gasteiger partial charge on any atom is -0.494 e. The van der Waals surface area contributed by atoms with E-state index in [0.717, 1.165) is 29.7 Å². The van der Waals surface area contributed by atoms with E-state index in [0.29, 0.717) is 30.8 Å². The minimum atomic E-state index is -1.12. The zero-order valence-electron chi connectivity index (χ0n) is 21.2. The molecule has 0 unspecified atom stereocenters. The molecule has 1 aromatic carbocycles. The monoisotopic (exact) mass is 514 g/mol. The minimum absolute atomic E-state index is 0.116. The molecule has 4 bridgehead atoms. The third-order valence-electron chi connectivity index (χ3n) is 8.07. The first-order valence-electron chi connectivity index (χ1n) is 13.2. The Morgan fingerprint density at radius 3 is 2.24 bits per heavy atom. The number of alkyl carbamates (subject to hydrolysis) is 1. The summed E-state index contributed by atoms with van der Waals surface area (Å²) >= 11 is 0. The number of ether oxygens (including phenoxy) is 2. The molecule has 1 atom stereocenters. The molecule has 0 spiro atoms. The van der Waals surface area contributed by atoms with Gasteiger partial charge in [-0.25, -0.2) is 9.59 Å². The highest BCUT2D eigenvalue weighted by Crippen LogP contribution is 2.61. The van der Waals surface area contributed by atoms with Crippen molar-refractivity contribution < 1.29 is 29.0 Å². The molecule has 6 N–H and O–H groups in total. The number of carboxylic acid groups (broad SMARTS) is 1. The van der Waals surface area contributed by atoms with E-state index in [9.17, 15) is 19.5 Å². The van der Waals surface area contributed by atoms with Crippen LogP contribution in [-0.4, -0.2) is 48.3 Å². The van der Waals surface area contributed by atoms with Gasteiger partial charge in [0.2, 0.25) is 5.91 Å². The molecule has 4 aliphatic carbocycles. The number of nitrogens with one attached hydrogen (secondary N) is 3. The summed E-state index contributed by atoms with van der Waals surface area (Å²) < 4.78 is 11.0. The Morgan fingerprint density at radius 2 is 1.68 bits per heavy atom. The van der Waals surface area contributed by atoms with Crippen LogP contribution < -0.4 is 21.1 Å². The van der Waals surface area contributed by atoms with Crippen molar-refractivity contribution in [2.75, 3.05) is 13.2 Å². The molecule has 0 aromatic heterocycles. The number of carboxylic acids is 1. The summed E-state index contributed by atoms with van der Waals surface area (Å²) in [4.78, 5) is 35.6. The lowest BCUT2D eigenvalue weighted by Crippen LogP contribution is -2.47. The molecule has 2 amide bonds. The summed E-state index contributed by atoms with van der Waals surface area (Å²) in [5.74, 6) is 1.25. The smallest absolute Gasteiger partial charge is 0.407 e. The topological polar surface area (TPSA) is 164 Å². The Balaban J connectivity index is 1.17. The normalized spacial score (nSPS) is 26.2. The zero-order chi connectivity index (χ0) is 26.4. The van der Waals surface area contributed by atoms with Crippen LogP contribution in [0.1, 0.15) is 63.4 Å². The quantitative estimate of drug-likeness (QED) is 0.162. The molecular weight excluding hydrogens is 476 g/mol. The summed E-state index contributed by atoms with van der Waals surface area (Å²) in [5.41, 5.74) is 6.15. The van der Waals surface area contributed by atoms with Gasteiger partial charge in [0.05, 0.1) is 13.2 Å². The molecule has 0 radical (unpaired) electrons. The van der Waals surface area contributed by atoms with Gasteiger partial charge in [0.15, 0.2) is 5.96 Å². The fourth-order valence-electron chi connectivity index (χ4n) is 6.93. The van der Waals surface area contributed by atoms with Crippen LogP contribution in [0.4, 0.5) is 4.79 Å². The van der Waals surface area contributed by atoms with Gasteiger partial charge in [0.25, 0.3) is 0 Å². The van der Waals surface area contributed by atoms with Gasteiger partial charge in [-0.05, 0) is 92.2 Å². The lowest BCUT2D eigenvalue weighted by Gasteiger charge is -2.57. The van der Waals surface area contributed by atoms with Gasteiger partial charge in [0.1, 0.15) is 11.8 Å². The summed E-state index contributed by atoms with van der Waals surface area (Å²) in [7, 11) is 0. The molecule has 37 heavy (non-hydrogen) atoms. The largest absolute Gasteiger partial charge is 0.494 e. The van der Waals surface area contributed by atoms with E-state index in [2.05, 4.69) is 10.6 Å². The van der Waals surface area contributed by atoms with Crippen LogP contribution in [-0.2, 0) is 20.7 Å². The third-order valence-corrected chi connectivity index (χ3v) is 8.07. The lowest BCUT2D eigenvalue weighted by molar-refractivity contribution is -0.139. The first kappa shape index (κ1) is 26.8. The predicted octanol–water partition coefficient (Wildman–Crippen LogP) is 3.18. The average Bonchev–Trinajstić information content (AvgIpc) is 2.81. The van der Waals surface area contributed by atoms with Crippen molar-refractivity contribution in [3.63, 3.8) is 0 Å². The van der Waals surface area contributed by atoms with Crippen molar-refractivity contribution in [3.8, 4) is 5.75 Å². The van der Waals surface area contributed by atoms with Gasteiger partial charge >= 0.3 is 12.1 Å². The van der Waals surface area contributed by atoms with Crippen molar-refractivity contribution in [3.05, 3.63) is 29.8 Å².